The third kappa shape index (κ3) is 3.75. The van der Waals surface area contributed by atoms with Gasteiger partial charge in [0.05, 0.1) is 0 Å². The second-order valence-electron chi connectivity index (χ2n) is 6.35. The van der Waals surface area contributed by atoms with Crippen molar-refractivity contribution in [1.82, 2.24) is 5.32 Å². The fourth-order valence-corrected chi connectivity index (χ4v) is 4.70. The minimum absolute atomic E-state index is 0.244. The molecule has 1 N–H and O–H groups in total. The van der Waals surface area contributed by atoms with Gasteiger partial charge in [-0.15, -0.1) is 11.8 Å². The second-order valence-corrected chi connectivity index (χ2v) is 7.73. The van der Waals surface area contributed by atoms with Crippen molar-refractivity contribution in [3.8, 4) is 0 Å². The van der Waals surface area contributed by atoms with Crippen LogP contribution in [-0.2, 0) is 0 Å². The third-order valence-electron chi connectivity index (χ3n) is 3.20. The molecule has 0 aliphatic carbocycles. The molecule has 1 heterocycles. The van der Waals surface area contributed by atoms with Crippen molar-refractivity contribution in [3.05, 3.63) is 30.3 Å². The van der Waals surface area contributed by atoms with Crippen LogP contribution in [-0.4, -0.2) is 16.3 Å². The van der Waals surface area contributed by atoms with Crippen molar-refractivity contribution in [2.24, 2.45) is 0 Å². The molecule has 17 heavy (non-hydrogen) atoms. The highest BCUT2D eigenvalue weighted by Crippen LogP contribution is 2.38. The zero-order valence-corrected chi connectivity index (χ0v) is 12.1. The molecule has 0 atom stereocenters. The molecule has 0 bridgehead atoms. The quantitative estimate of drug-likeness (QED) is 0.847. The van der Waals surface area contributed by atoms with Gasteiger partial charge in [-0.2, -0.15) is 0 Å². The molecule has 1 nitrogen and oxygen atoms in total. The van der Waals surface area contributed by atoms with Gasteiger partial charge in [-0.05, 0) is 52.7 Å². The molecule has 0 unspecified atom stereocenters. The molecule has 0 spiro atoms. The lowest BCUT2D eigenvalue weighted by molar-refractivity contribution is 0.188. The maximum atomic E-state index is 3.73. The van der Waals surface area contributed by atoms with Crippen LogP contribution in [0.2, 0.25) is 0 Å². The fourth-order valence-electron chi connectivity index (χ4n) is 3.00. The van der Waals surface area contributed by atoms with Gasteiger partial charge in [0.15, 0.2) is 0 Å². The number of nitrogens with one attached hydrogen (secondary N) is 1. The van der Waals surface area contributed by atoms with Gasteiger partial charge in [-0.25, -0.2) is 0 Å². The zero-order chi connectivity index (χ0) is 12.5. The van der Waals surface area contributed by atoms with E-state index in [4.69, 9.17) is 0 Å². The minimum atomic E-state index is 0.244. The van der Waals surface area contributed by atoms with E-state index in [1.54, 1.807) is 0 Å². The molecule has 0 amide bonds. The molecule has 1 aromatic rings. The minimum Gasteiger partial charge on any atom is -0.307 e. The monoisotopic (exact) mass is 249 g/mol. The van der Waals surface area contributed by atoms with Gasteiger partial charge >= 0.3 is 0 Å². The molecule has 1 fully saturated rings. The van der Waals surface area contributed by atoms with Crippen LogP contribution in [0.5, 0.6) is 0 Å². The van der Waals surface area contributed by atoms with Crippen molar-refractivity contribution in [2.45, 2.75) is 61.8 Å². The van der Waals surface area contributed by atoms with Crippen LogP contribution >= 0.6 is 11.8 Å². The highest BCUT2D eigenvalue weighted by molar-refractivity contribution is 8.00. The van der Waals surface area contributed by atoms with E-state index < -0.39 is 0 Å². The van der Waals surface area contributed by atoms with Gasteiger partial charge in [-0.3, -0.25) is 0 Å². The van der Waals surface area contributed by atoms with Gasteiger partial charge in [0.2, 0.25) is 0 Å². The third-order valence-corrected chi connectivity index (χ3v) is 4.41. The molecule has 2 rings (SSSR count). The van der Waals surface area contributed by atoms with E-state index in [1.807, 2.05) is 11.8 Å². The predicted octanol–water partition coefficient (Wildman–Crippen LogP) is 4.09. The van der Waals surface area contributed by atoms with Gasteiger partial charge in [-0.1, -0.05) is 18.2 Å². The van der Waals surface area contributed by atoms with Crippen LogP contribution in [0.15, 0.2) is 35.2 Å². The van der Waals surface area contributed by atoms with Crippen molar-refractivity contribution in [1.29, 1.82) is 0 Å². The fraction of sp³-hybridized carbons (Fsp3) is 0.600. The van der Waals surface area contributed by atoms with Gasteiger partial charge in [0, 0.05) is 21.2 Å². The van der Waals surface area contributed by atoms with Crippen molar-refractivity contribution >= 4 is 11.8 Å². The van der Waals surface area contributed by atoms with Crippen LogP contribution < -0.4 is 5.32 Å². The molecule has 94 valence electrons. The van der Waals surface area contributed by atoms with Crippen molar-refractivity contribution in [3.63, 3.8) is 0 Å². The van der Waals surface area contributed by atoms with Crippen molar-refractivity contribution in [2.75, 3.05) is 0 Å². The number of hydrogen-bond acceptors (Lipinski definition) is 2. The molecule has 2 heteroatoms. The molecule has 1 aromatic carbocycles. The molecule has 0 aromatic heterocycles. The van der Waals surface area contributed by atoms with Crippen LogP contribution in [0.1, 0.15) is 40.5 Å². The number of piperidine rings is 1. The molecule has 0 radical (unpaired) electrons. The average molecular weight is 249 g/mol. The highest BCUT2D eigenvalue weighted by Gasteiger charge is 2.37. The molecule has 1 aliphatic heterocycles. The summed E-state index contributed by atoms with van der Waals surface area (Å²) in [5, 5.41) is 4.45. The van der Waals surface area contributed by atoms with Gasteiger partial charge in [0.1, 0.15) is 0 Å². The second kappa shape index (κ2) is 4.66. The summed E-state index contributed by atoms with van der Waals surface area (Å²) >= 11 is 2.03. The van der Waals surface area contributed by atoms with E-state index in [0.29, 0.717) is 5.25 Å². The average Bonchev–Trinajstić information content (AvgIpc) is 2.13. The normalized spacial score (nSPS) is 23.5. The van der Waals surface area contributed by atoms with Crippen LogP contribution in [0.3, 0.4) is 0 Å². The zero-order valence-electron chi connectivity index (χ0n) is 11.3. The van der Waals surface area contributed by atoms with E-state index in [9.17, 15) is 0 Å². The topological polar surface area (TPSA) is 12.0 Å². The summed E-state index contributed by atoms with van der Waals surface area (Å²) in [7, 11) is 0. The maximum Gasteiger partial charge on any atom is 0.0140 e. The Morgan fingerprint density at radius 2 is 1.53 bits per heavy atom. The Bertz CT molecular complexity index is 354. The van der Waals surface area contributed by atoms with E-state index in [0.717, 1.165) is 0 Å². The lowest BCUT2D eigenvalue weighted by Crippen LogP contribution is -2.58. The van der Waals surface area contributed by atoms with Gasteiger partial charge < -0.3 is 5.32 Å². The first-order valence-corrected chi connectivity index (χ1v) is 7.25. The lowest BCUT2D eigenvalue weighted by Gasteiger charge is -2.46. The largest absolute Gasteiger partial charge is 0.307 e. The molecular weight excluding hydrogens is 226 g/mol. The van der Waals surface area contributed by atoms with Crippen LogP contribution in [0.4, 0.5) is 0 Å². The first-order chi connectivity index (χ1) is 7.86. The summed E-state index contributed by atoms with van der Waals surface area (Å²) in [5.41, 5.74) is 0.488. The summed E-state index contributed by atoms with van der Waals surface area (Å²) < 4.78 is 0. The van der Waals surface area contributed by atoms with Crippen LogP contribution in [0, 0.1) is 0 Å². The van der Waals surface area contributed by atoms with Crippen molar-refractivity contribution < 1.29 is 0 Å². The molecule has 1 aliphatic rings. The van der Waals surface area contributed by atoms with Gasteiger partial charge in [0.25, 0.3) is 0 Å². The van der Waals surface area contributed by atoms with E-state index >= 15 is 0 Å². The SMILES string of the molecule is CC1(C)CC(Sc2ccccc2)CC(C)(C)N1. The number of thioether (sulfide) groups is 1. The number of hydrogen-bond donors (Lipinski definition) is 1. The van der Waals surface area contributed by atoms with E-state index in [-0.39, 0.29) is 11.1 Å². The molecule has 0 saturated carbocycles. The summed E-state index contributed by atoms with van der Waals surface area (Å²) in [6.45, 7) is 9.25. The number of benzene rings is 1. The Labute approximate surface area is 109 Å². The predicted molar refractivity (Wildman–Crippen MR) is 76.6 cm³/mol. The Morgan fingerprint density at radius 3 is 2.06 bits per heavy atom. The number of rotatable bonds is 2. The standard InChI is InChI=1S/C15H23NS/c1-14(2)10-13(11-15(3,4)16-14)17-12-8-6-5-7-9-12/h5-9,13,16H,10-11H2,1-4H3. The Morgan fingerprint density at radius 1 is 1.00 bits per heavy atom. The lowest BCUT2D eigenvalue weighted by atomic mass is 9.82. The Balaban J connectivity index is 2.06. The Hall–Kier alpha value is -0.470. The maximum absolute atomic E-state index is 3.73. The Kier molecular flexibility index (Phi) is 3.55. The summed E-state index contributed by atoms with van der Waals surface area (Å²) in [6, 6.07) is 10.8. The molecule has 1 saturated heterocycles. The first-order valence-electron chi connectivity index (χ1n) is 6.37. The first kappa shape index (κ1) is 13.0. The van der Waals surface area contributed by atoms with E-state index in [2.05, 4.69) is 63.3 Å². The highest BCUT2D eigenvalue weighted by atomic mass is 32.2. The summed E-state index contributed by atoms with van der Waals surface area (Å²) in [5.74, 6) is 0. The molecular formula is C15H23NS. The van der Waals surface area contributed by atoms with Crippen LogP contribution in [0.25, 0.3) is 0 Å². The smallest absolute Gasteiger partial charge is 0.0140 e. The summed E-state index contributed by atoms with van der Waals surface area (Å²) in [6.07, 6.45) is 2.46. The van der Waals surface area contributed by atoms with E-state index in [1.165, 1.54) is 17.7 Å². The summed E-state index contributed by atoms with van der Waals surface area (Å²) in [4.78, 5) is 1.39.